The van der Waals surface area contributed by atoms with Gasteiger partial charge in [-0.3, -0.25) is 4.98 Å². The smallest absolute Gasteiger partial charge is 0.0682 e. The molecular weight excluding hydrogens is 320 g/mol. The Labute approximate surface area is 145 Å². The van der Waals surface area contributed by atoms with Gasteiger partial charge in [0.25, 0.3) is 0 Å². The van der Waals surface area contributed by atoms with Crippen LogP contribution in [0.25, 0.3) is 21.8 Å². The van der Waals surface area contributed by atoms with Crippen LogP contribution in [0.2, 0.25) is 5.02 Å². The van der Waals surface area contributed by atoms with Crippen molar-refractivity contribution in [1.29, 1.82) is 0 Å². The number of rotatable bonds is 3. The van der Waals surface area contributed by atoms with Gasteiger partial charge in [0.15, 0.2) is 0 Å². The lowest BCUT2D eigenvalue weighted by molar-refractivity contribution is 0.282. The second-order valence-electron chi connectivity index (χ2n) is 6.08. The van der Waals surface area contributed by atoms with E-state index in [1.807, 2.05) is 18.3 Å². The van der Waals surface area contributed by atoms with Crippen LogP contribution in [0.15, 0.2) is 54.9 Å². The van der Waals surface area contributed by atoms with E-state index in [0.29, 0.717) is 11.6 Å². The Bertz CT molecular complexity index is 1050. The Balaban J connectivity index is 2.01. The summed E-state index contributed by atoms with van der Waals surface area (Å²) in [6.07, 6.45) is 3.50. The van der Waals surface area contributed by atoms with E-state index in [-0.39, 0.29) is 6.61 Å². The molecule has 4 aromatic rings. The lowest BCUT2D eigenvalue weighted by Gasteiger charge is -2.09. The highest BCUT2D eigenvalue weighted by atomic mass is 35.5. The molecule has 0 atom stereocenters. The molecule has 0 radical (unpaired) electrons. The maximum absolute atomic E-state index is 9.47. The van der Waals surface area contributed by atoms with Crippen molar-refractivity contribution >= 4 is 33.4 Å². The maximum atomic E-state index is 9.47. The van der Waals surface area contributed by atoms with Crippen molar-refractivity contribution < 1.29 is 5.11 Å². The number of aliphatic hydroxyl groups excluding tert-OH is 1. The fourth-order valence-corrected chi connectivity index (χ4v) is 3.57. The normalized spacial score (nSPS) is 11.5. The molecule has 0 amide bonds. The van der Waals surface area contributed by atoms with Gasteiger partial charge in [0.05, 0.1) is 17.1 Å². The third kappa shape index (κ3) is 2.46. The highest BCUT2D eigenvalue weighted by Gasteiger charge is 2.13. The maximum Gasteiger partial charge on any atom is 0.0682 e. The number of aliphatic hydroxyl groups is 1. The lowest BCUT2D eigenvalue weighted by Crippen LogP contribution is -2.01. The molecule has 1 N–H and O–H groups in total. The molecule has 0 unspecified atom stereocenters. The Kier molecular flexibility index (Phi) is 3.75. The molecule has 0 aliphatic rings. The van der Waals surface area contributed by atoms with Gasteiger partial charge >= 0.3 is 0 Å². The van der Waals surface area contributed by atoms with E-state index in [0.717, 1.165) is 22.0 Å². The SMILES string of the molecule is Cc1cccc2c3cc(CO)ccc3n(Cc3cncc(Cl)c3)c12. The van der Waals surface area contributed by atoms with Gasteiger partial charge in [0, 0.05) is 35.2 Å². The zero-order valence-electron chi connectivity index (χ0n) is 13.3. The molecule has 0 saturated heterocycles. The second kappa shape index (κ2) is 5.93. The van der Waals surface area contributed by atoms with Gasteiger partial charge in [-0.2, -0.15) is 0 Å². The first-order valence-electron chi connectivity index (χ1n) is 7.88. The number of halogens is 1. The molecule has 0 saturated carbocycles. The van der Waals surface area contributed by atoms with E-state index in [1.54, 1.807) is 6.20 Å². The van der Waals surface area contributed by atoms with E-state index < -0.39 is 0 Å². The monoisotopic (exact) mass is 336 g/mol. The summed E-state index contributed by atoms with van der Waals surface area (Å²) >= 11 is 6.09. The fraction of sp³-hybridized carbons (Fsp3) is 0.150. The number of hydrogen-bond donors (Lipinski definition) is 1. The minimum Gasteiger partial charge on any atom is -0.392 e. The molecule has 4 heteroatoms. The molecule has 4 rings (SSSR count). The van der Waals surface area contributed by atoms with Crippen LogP contribution in [0.4, 0.5) is 0 Å². The van der Waals surface area contributed by atoms with Crippen LogP contribution >= 0.6 is 11.6 Å². The van der Waals surface area contributed by atoms with E-state index in [4.69, 9.17) is 11.6 Å². The largest absolute Gasteiger partial charge is 0.392 e. The summed E-state index contributed by atoms with van der Waals surface area (Å²) < 4.78 is 2.30. The molecule has 2 heterocycles. The van der Waals surface area contributed by atoms with Crippen molar-refractivity contribution in [2.45, 2.75) is 20.1 Å². The number of benzene rings is 2. The average Bonchev–Trinajstić information content (AvgIpc) is 2.89. The highest BCUT2D eigenvalue weighted by molar-refractivity contribution is 6.30. The predicted octanol–water partition coefficient (Wildman–Crippen LogP) is 4.69. The van der Waals surface area contributed by atoms with Gasteiger partial charge in [-0.1, -0.05) is 35.9 Å². The van der Waals surface area contributed by atoms with Crippen LogP contribution < -0.4 is 0 Å². The van der Waals surface area contributed by atoms with Crippen molar-refractivity contribution in [1.82, 2.24) is 9.55 Å². The van der Waals surface area contributed by atoms with Gasteiger partial charge in [-0.05, 0) is 41.8 Å². The number of hydrogen-bond acceptors (Lipinski definition) is 2. The second-order valence-corrected chi connectivity index (χ2v) is 6.51. The lowest BCUT2D eigenvalue weighted by atomic mass is 10.1. The molecule has 0 aliphatic carbocycles. The van der Waals surface area contributed by atoms with Gasteiger partial charge in [-0.25, -0.2) is 0 Å². The minimum atomic E-state index is 0.0483. The van der Waals surface area contributed by atoms with E-state index in [9.17, 15) is 5.11 Å². The van der Waals surface area contributed by atoms with Crippen LogP contribution in [0.1, 0.15) is 16.7 Å². The molecule has 3 nitrogen and oxygen atoms in total. The molecule has 2 aromatic carbocycles. The van der Waals surface area contributed by atoms with Gasteiger partial charge in [0.1, 0.15) is 0 Å². The summed E-state index contributed by atoms with van der Waals surface area (Å²) in [5.41, 5.74) is 5.58. The van der Waals surface area contributed by atoms with Crippen LogP contribution in [0.3, 0.4) is 0 Å². The quantitative estimate of drug-likeness (QED) is 0.589. The van der Waals surface area contributed by atoms with Gasteiger partial charge in [-0.15, -0.1) is 0 Å². The Hall–Kier alpha value is -2.36. The zero-order chi connectivity index (χ0) is 16.7. The van der Waals surface area contributed by atoms with Gasteiger partial charge < -0.3 is 9.67 Å². The minimum absolute atomic E-state index is 0.0483. The molecular formula is C20H17ClN2O. The van der Waals surface area contributed by atoms with Crippen molar-refractivity contribution in [3.8, 4) is 0 Å². The van der Waals surface area contributed by atoms with Crippen LogP contribution in [-0.4, -0.2) is 14.7 Å². The summed E-state index contributed by atoms with van der Waals surface area (Å²) in [4.78, 5) is 4.20. The summed E-state index contributed by atoms with van der Waals surface area (Å²) in [5.74, 6) is 0. The molecule has 0 spiro atoms. The number of aromatic nitrogens is 2. The standard InChI is InChI=1S/C20H17ClN2O/c1-13-3-2-4-17-18-8-14(12-24)5-6-19(18)23(20(13)17)11-15-7-16(21)10-22-9-15/h2-10,24H,11-12H2,1H3. The zero-order valence-corrected chi connectivity index (χ0v) is 14.1. The number of fused-ring (bicyclic) bond motifs is 3. The van der Waals surface area contributed by atoms with Crippen LogP contribution in [0.5, 0.6) is 0 Å². The first-order valence-corrected chi connectivity index (χ1v) is 8.26. The third-order valence-corrected chi connectivity index (χ3v) is 4.64. The Morgan fingerprint density at radius 2 is 1.92 bits per heavy atom. The van der Waals surface area contributed by atoms with Crippen molar-refractivity contribution in [2.75, 3.05) is 0 Å². The summed E-state index contributed by atoms with van der Waals surface area (Å²) in [6.45, 7) is 2.88. The average molecular weight is 337 g/mol. The van der Waals surface area contributed by atoms with Crippen molar-refractivity contribution in [3.63, 3.8) is 0 Å². The fourth-order valence-electron chi connectivity index (χ4n) is 3.38. The summed E-state index contributed by atoms with van der Waals surface area (Å²) in [6, 6.07) is 14.4. The van der Waals surface area contributed by atoms with Crippen LogP contribution in [-0.2, 0) is 13.2 Å². The molecule has 0 fully saturated rings. The van der Waals surface area contributed by atoms with Crippen molar-refractivity contribution in [3.05, 3.63) is 76.6 Å². The topological polar surface area (TPSA) is 38.0 Å². The number of para-hydroxylation sites is 1. The molecule has 120 valence electrons. The predicted molar refractivity (Wildman–Crippen MR) is 98.5 cm³/mol. The van der Waals surface area contributed by atoms with Crippen LogP contribution in [0, 0.1) is 6.92 Å². The number of nitrogens with zero attached hydrogens (tertiary/aromatic N) is 2. The molecule has 0 bridgehead atoms. The molecule has 2 aromatic heterocycles. The third-order valence-electron chi connectivity index (χ3n) is 4.43. The summed E-state index contributed by atoms with van der Waals surface area (Å²) in [7, 11) is 0. The highest BCUT2D eigenvalue weighted by Crippen LogP contribution is 2.32. The van der Waals surface area contributed by atoms with E-state index in [2.05, 4.69) is 46.8 Å². The van der Waals surface area contributed by atoms with E-state index in [1.165, 1.54) is 16.5 Å². The Morgan fingerprint density at radius 3 is 2.71 bits per heavy atom. The first-order chi connectivity index (χ1) is 11.7. The first kappa shape index (κ1) is 15.2. The van der Waals surface area contributed by atoms with E-state index >= 15 is 0 Å². The van der Waals surface area contributed by atoms with Gasteiger partial charge in [0.2, 0.25) is 0 Å². The Morgan fingerprint density at radius 1 is 1.04 bits per heavy atom. The number of aryl methyl sites for hydroxylation is 1. The van der Waals surface area contributed by atoms with Crippen molar-refractivity contribution in [2.24, 2.45) is 0 Å². The molecule has 24 heavy (non-hydrogen) atoms. The number of pyridine rings is 1. The molecule has 0 aliphatic heterocycles. The summed E-state index contributed by atoms with van der Waals surface area (Å²) in [5, 5.41) is 12.5.